The maximum absolute atomic E-state index is 12.0. The summed E-state index contributed by atoms with van der Waals surface area (Å²) in [5, 5.41) is 10.9. The standard InChI is InChI=1S/C13H10BrN5O/c14-10-5-9(6-15-7-10)13(20)16-8-12-18-17-11-3-1-2-4-19(11)12/h1-7H,8H2,(H,16,20). The fourth-order valence-electron chi connectivity index (χ4n) is 1.81. The minimum absolute atomic E-state index is 0.202. The van der Waals surface area contributed by atoms with Gasteiger partial charge in [-0.2, -0.15) is 0 Å². The molecule has 3 rings (SSSR count). The van der Waals surface area contributed by atoms with Crippen molar-refractivity contribution in [2.24, 2.45) is 0 Å². The molecule has 0 spiro atoms. The van der Waals surface area contributed by atoms with E-state index in [9.17, 15) is 4.79 Å². The summed E-state index contributed by atoms with van der Waals surface area (Å²) in [6.45, 7) is 0.302. The second kappa shape index (κ2) is 5.38. The van der Waals surface area contributed by atoms with Crippen LogP contribution in [0.4, 0.5) is 0 Å². The van der Waals surface area contributed by atoms with E-state index in [1.165, 1.54) is 6.20 Å². The number of rotatable bonds is 3. The highest BCUT2D eigenvalue weighted by Gasteiger charge is 2.09. The molecule has 0 aliphatic heterocycles. The zero-order chi connectivity index (χ0) is 13.9. The zero-order valence-corrected chi connectivity index (χ0v) is 11.9. The molecule has 0 aromatic carbocycles. The van der Waals surface area contributed by atoms with Crippen LogP contribution in [0.2, 0.25) is 0 Å². The van der Waals surface area contributed by atoms with Gasteiger partial charge in [0, 0.05) is 23.1 Å². The number of nitrogens with zero attached hydrogens (tertiary/aromatic N) is 4. The second-order valence-corrected chi connectivity index (χ2v) is 5.04. The molecule has 20 heavy (non-hydrogen) atoms. The monoisotopic (exact) mass is 331 g/mol. The van der Waals surface area contributed by atoms with Gasteiger partial charge in [0.2, 0.25) is 0 Å². The summed E-state index contributed by atoms with van der Waals surface area (Å²) in [6, 6.07) is 7.35. The van der Waals surface area contributed by atoms with E-state index in [-0.39, 0.29) is 5.91 Å². The zero-order valence-electron chi connectivity index (χ0n) is 10.3. The van der Waals surface area contributed by atoms with Crippen molar-refractivity contribution >= 4 is 27.5 Å². The Kier molecular flexibility index (Phi) is 3.42. The van der Waals surface area contributed by atoms with Crippen LogP contribution < -0.4 is 5.32 Å². The Bertz CT molecular complexity index is 770. The molecule has 3 aromatic heterocycles. The SMILES string of the molecule is O=C(NCc1nnc2ccccn12)c1cncc(Br)c1. The maximum Gasteiger partial charge on any atom is 0.253 e. The Balaban J connectivity index is 1.75. The molecule has 0 unspecified atom stereocenters. The molecule has 0 saturated heterocycles. The van der Waals surface area contributed by atoms with Crippen LogP contribution in [0.3, 0.4) is 0 Å². The van der Waals surface area contributed by atoms with E-state index < -0.39 is 0 Å². The molecular weight excluding hydrogens is 322 g/mol. The van der Waals surface area contributed by atoms with Gasteiger partial charge in [0.1, 0.15) is 0 Å². The lowest BCUT2D eigenvalue weighted by molar-refractivity contribution is 0.0949. The Morgan fingerprint density at radius 2 is 2.20 bits per heavy atom. The normalized spacial score (nSPS) is 10.7. The molecule has 0 saturated carbocycles. The maximum atomic E-state index is 12.0. The minimum Gasteiger partial charge on any atom is -0.345 e. The van der Waals surface area contributed by atoms with Gasteiger partial charge in [0.15, 0.2) is 11.5 Å². The Hall–Kier alpha value is -2.28. The molecule has 0 aliphatic rings. The highest BCUT2D eigenvalue weighted by atomic mass is 79.9. The summed E-state index contributed by atoms with van der Waals surface area (Å²) in [5.41, 5.74) is 1.24. The first-order chi connectivity index (χ1) is 9.74. The van der Waals surface area contributed by atoms with Crippen molar-refractivity contribution in [3.63, 3.8) is 0 Å². The first kappa shape index (κ1) is 12.7. The number of amides is 1. The van der Waals surface area contributed by atoms with Gasteiger partial charge in [-0.1, -0.05) is 6.07 Å². The van der Waals surface area contributed by atoms with Crippen molar-refractivity contribution in [1.82, 2.24) is 24.9 Å². The Morgan fingerprint density at radius 3 is 3.05 bits per heavy atom. The van der Waals surface area contributed by atoms with Crippen molar-refractivity contribution in [2.75, 3.05) is 0 Å². The van der Waals surface area contributed by atoms with Crippen molar-refractivity contribution < 1.29 is 4.79 Å². The molecule has 3 heterocycles. The number of nitrogens with one attached hydrogen (secondary N) is 1. The first-order valence-electron chi connectivity index (χ1n) is 5.91. The van der Waals surface area contributed by atoms with Crippen molar-refractivity contribution in [3.05, 3.63) is 58.7 Å². The molecule has 1 amide bonds. The van der Waals surface area contributed by atoms with E-state index in [1.807, 2.05) is 28.8 Å². The molecule has 0 radical (unpaired) electrons. The molecule has 100 valence electrons. The van der Waals surface area contributed by atoms with E-state index in [2.05, 4.69) is 36.4 Å². The van der Waals surface area contributed by atoms with Gasteiger partial charge >= 0.3 is 0 Å². The fourth-order valence-corrected chi connectivity index (χ4v) is 2.17. The third-order valence-electron chi connectivity index (χ3n) is 2.76. The van der Waals surface area contributed by atoms with Crippen LogP contribution in [-0.2, 0) is 6.54 Å². The van der Waals surface area contributed by atoms with Gasteiger partial charge in [-0.3, -0.25) is 14.2 Å². The largest absolute Gasteiger partial charge is 0.345 e. The van der Waals surface area contributed by atoms with E-state index in [1.54, 1.807) is 12.3 Å². The van der Waals surface area contributed by atoms with Gasteiger partial charge in [0.05, 0.1) is 12.1 Å². The molecular formula is C13H10BrN5O. The Morgan fingerprint density at radius 1 is 1.30 bits per heavy atom. The van der Waals surface area contributed by atoms with Gasteiger partial charge in [-0.05, 0) is 34.1 Å². The number of pyridine rings is 2. The number of aromatic nitrogens is 4. The smallest absolute Gasteiger partial charge is 0.253 e. The summed E-state index contributed by atoms with van der Waals surface area (Å²) >= 11 is 3.28. The molecule has 0 atom stereocenters. The molecule has 7 heteroatoms. The number of carbonyl (C=O) groups is 1. The molecule has 3 aromatic rings. The molecule has 0 aliphatic carbocycles. The van der Waals surface area contributed by atoms with Crippen molar-refractivity contribution in [2.45, 2.75) is 6.54 Å². The van der Waals surface area contributed by atoms with Gasteiger partial charge in [-0.25, -0.2) is 0 Å². The second-order valence-electron chi connectivity index (χ2n) is 4.12. The Labute approximate surface area is 123 Å². The predicted molar refractivity (Wildman–Crippen MR) is 76.1 cm³/mol. The molecule has 0 fully saturated rings. The lowest BCUT2D eigenvalue weighted by Crippen LogP contribution is -2.24. The van der Waals surface area contributed by atoms with Crippen LogP contribution in [-0.4, -0.2) is 25.5 Å². The van der Waals surface area contributed by atoms with Crippen molar-refractivity contribution in [3.8, 4) is 0 Å². The van der Waals surface area contributed by atoms with Gasteiger partial charge < -0.3 is 5.32 Å². The molecule has 6 nitrogen and oxygen atoms in total. The minimum atomic E-state index is -0.202. The first-order valence-corrected chi connectivity index (χ1v) is 6.71. The topological polar surface area (TPSA) is 72.2 Å². The van der Waals surface area contributed by atoms with E-state index in [4.69, 9.17) is 0 Å². The quantitative estimate of drug-likeness (QED) is 0.794. The average molecular weight is 332 g/mol. The summed E-state index contributed by atoms with van der Waals surface area (Å²) in [4.78, 5) is 16.0. The van der Waals surface area contributed by atoms with Crippen LogP contribution >= 0.6 is 15.9 Å². The highest BCUT2D eigenvalue weighted by molar-refractivity contribution is 9.10. The van der Waals surface area contributed by atoms with Crippen LogP contribution in [0.15, 0.2) is 47.3 Å². The fraction of sp³-hybridized carbons (Fsp3) is 0.0769. The number of fused-ring (bicyclic) bond motifs is 1. The lowest BCUT2D eigenvalue weighted by Gasteiger charge is -2.04. The van der Waals surface area contributed by atoms with E-state index >= 15 is 0 Å². The molecule has 0 bridgehead atoms. The lowest BCUT2D eigenvalue weighted by atomic mass is 10.3. The van der Waals surface area contributed by atoms with Crippen LogP contribution in [0, 0.1) is 0 Å². The third-order valence-corrected chi connectivity index (χ3v) is 3.19. The van der Waals surface area contributed by atoms with E-state index in [0.29, 0.717) is 17.9 Å². The summed E-state index contributed by atoms with van der Waals surface area (Å²) in [6.07, 6.45) is 5.00. The predicted octanol–water partition coefficient (Wildman–Crippen LogP) is 1.82. The van der Waals surface area contributed by atoms with Crippen LogP contribution in [0.25, 0.3) is 5.65 Å². The number of halogens is 1. The summed E-state index contributed by atoms with van der Waals surface area (Å²) in [5.74, 6) is 0.475. The van der Waals surface area contributed by atoms with Crippen molar-refractivity contribution in [1.29, 1.82) is 0 Å². The number of carbonyl (C=O) groups excluding carboxylic acids is 1. The number of hydrogen-bond donors (Lipinski definition) is 1. The van der Waals surface area contributed by atoms with Gasteiger partial charge in [-0.15, -0.1) is 10.2 Å². The summed E-state index contributed by atoms with van der Waals surface area (Å²) < 4.78 is 2.59. The number of hydrogen-bond acceptors (Lipinski definition) is 4. The average Bonchev–Trinajstić information content (AvgIpc) is 2.88. The highest BCUT2D eigenvalue weighted by Crippen LogP contribution is 2.09. The van der Waals surface area contributed by atoms with E-state index in [0.717, 1.165) is 10.1 Å². The van der Waals surface area contributed by atoms with Crippen LogP contribution in [0.1, 0.15) is 16.2 Å². The third kappa shape index (κ3) is 2.53. The molecule has 1 N–H and O–H groups in total. The summed E-state index contributed by atoms with van der Waals surface area (Å²) in [7, 11) is 0. The van der Waals surface area contributed by atoms with Crippen LogP contribution in [0.5, 0.6) is 0 Å². The van der Waals surface area contributed by atoms with Gasteiger partial charge in [0.25, 0.3) is 5.91 Å².